The van der Waals surface area contributed by atoms with Crippen LogP contribution < -0.4 is 10.6 Å². The maximum atomic E-state index is 4.96. The first-order chi connectivity index (χ1) is 11.1. The van der Waals surface area contributed by atoms with Gasteiger partial charge in [-0.1, -0.05) is 42.4 Å². The van der Waals surface area contributed by atoms with Gasteiger partial charge in [-0.25, -0.2) is 4.99 Å². The molecular formula is C17H25N5O. The van der Waals surface area contributed by atoms with E-state index in [9.17, 15) is 0 Å². The van der Waals surface area contributed by atoms with E-state index in [-0.39, 0.29) is 6.04 Å². The number of aromatic nitrogens is 2. The summed E-state index contributed by atoms with van der Waals surface area (Å²) in [5.74, 6) is 2.26. The quantitative estimate of drug-likeness (QED) is 0.633. The van der Waals surface area contributed by atoms with E-state index in [1.54, 1.807) is 6.92 Å². The van der Waals surface area contributed by atoms with Gasteiger partial charge in [0, 0.05) is 25.4 Å². The summed E-state index contributed by atoms with van der Waals surface area (Å²) in [5.41, 5.74) is 1.30. The van der Waals surface area contributed by atoms with Gasteiger partial charge >= 0.3 is 0 Å². The summed E-state index contributed by atoms with van der Waals surface area (Å²) in [6.07, 6.45) is 0. The average molecular weight is 315 g/mol. The molecule has 0 fully saturated rings. The molecule has 6 nitrogen and oxygen atoms in total. The molecule has 2 atom stereocenters. The summed E-state index contributed by atoms with van der Waals surface area (Å²) in [6.45, 7) is 9.36. The molecule has 1 heterocycles. The van der Waals surface area contributed by atoms with Crippen molar-refractivity contribution in [3.63, 3.8) is 0 Å². The van der Waals surface area contributed by atoms with Crippen LogP contribution in [0.4, 0.5) is 0 Å². The number of aliphatic imine (C=N–C) groups is 1. The molecule has 2 unspecified atom stereocenters. The molecule has 1 aromatic heterocycles. The van der Waals surface area contributed by atoms with E-state index in [2.05, 4.69) is 63.9 Å². The highest BCUT2D eigenvalue weighted by Gasteiger charge is 2.15. The van der Waals surface area contributed by atoms with Crippen molar-refractivity contribution in [2.75, 3.05) is 6.54 Å². The van der Waals surface area contributed by atoms with E-state index in [0.717, 1.165) is 12.5 Å². The van der Waals surface area contributed by atoms with Crippen LogP contribution in [0.1, 0.15) is 44.0 Å². The zero-order valence-corrected chi connectivity index (χ0v) is 14.2. The fourth-order valence-electron chi connectivity index (χ4n) is 2.26. The molecule has 0 aliphatic heterocycles. The number of hydrogen-bond donors (Lipinski definition) is 2. The standard InChI is InChI=1S/C17H25N5O/c1-5-18-17(19-11-16-21-14(4)23-22-16)20-13(3)12(2)15-9-7-6-8-10-15/h6-10,12-13H,5,11H2,1-4H3,(H2,18,19,20). The third kappa shape index (κ3) is 5.09. The summed E-state index contributed by atoms with van der Waals surface area (Å²) in [5, 5.41) is 10.6. The van der Waals surface area contributed by atoms with Crippen LogP contribution in [0, 0.1) is 6.92 Å². The third-order valence-corrected chi connectivity index (χ3v) is 3.73. The van der Waals surface area contributed by atoms with Crippen LogP contribution in [0.3, 0.4) is 0 Å². The number of benzene rings is 1. The van der Waals surface area contributed by atoms with Gasteiger partial charge in [0.25, 0.3) is 0 Å². The fraction of sp³-hybridized carbons (Fsp3) is 0.471. The Kier molecular flexibility index (Phi) is 6.14. The van der Waals surface area contributed by atoms with Gasteiger partial charge in [-0.3, -0.25) is 0 Å². The average Bonchev–Trinajstić information content (AvgIpc) is 2.98. The van der Waals surface area contributed by atoms with Crippen molar-refractivity contribution in [2.45, 2.75) is 46.2 Å². The number of nitrogens with zero attached hydrogens (tertiary/aromatic N) is 3. The van der Waals surface area contributed by atoms with Gasteiger partial charge in [-0.15, -0.1) is 0 Å². The smallest absolute Gasteiger partial charge is 0.223 e. The first-order valence-corrected chi connectivity index (χ1v) is 7.99. The van der Waals surface area contributed by atoms with Crippen LogP contribution >= 0.6 is 0 Å². The molecule has 0 amide bonds. The number of nitrogens with one attached hydrogen (secondary N) is 2. The van der Waals surface area contributed by atoms with Crippen molar-refractivity contribution in [2.24, 2.45) is 4.99 Å². The van der Waals surface area contributed by atoms with Gasteiger partial charge in [0.05, 0.1) is 0 Å². The summed E-state index contributed by atoms with van der Waals surface area (Å²) < 4.78 is 4.96. The molecule has 6 heteroatoms. The van der Waals surface area contributed by atoms with Gasteiger partial charge in [0.15, 0.2) is 11.8 Å². The molecule has 2 N–H and O–H groups in total. The Balaban J connectivity index is 2.00. The topological polar surface area (TPSA) is 75.3 Å². The van der Waals surface area contributed by atoms with Crippen molar-refractivity contribution in [3.8, 4) is 0 Å². The number of aryl methyl sites for hydroxylation is 1. The van der Waals surface area contributed by atoms with E-state index in [1.165, 1.54) is 5.56 Å². The minimum atomic E-state index is 0.238. The van der Waals surface area contributed by atoms with Crippen LogP contribution in [0.15, 0.2) is 39.8 Å². The maximum Gasteiger partial charge on any atom is 0.223 e. The van der Waals surface area contributed by atoms with Crippen LogP contribution in [-0.2, 0) is 6.54 Å². The minimum absolute atomic E-state index is 0.238. The van der Waals surface area contributed by atoms with E-state index < -0.39 is 0 Å². The highest BCUT2D eigenvalue weighted by molar-refractivity contribution is 5.80. The molecule has 0 bridgehead atoms. The van der Waals surface area contributed by atoms with E-state index in [1.807, 2.05) is 13.0 Å². The Labute approximate surface area is 137 Å². The second-order valence-electron chi connectivity index (χ2n) is 5.56. The zero-order valence-electron chi connectivity index (χ0n) is 14.2. The van der Waals surface area contributed by atoms with E-state index in [0.29, 0.717) is 24.2 Å². The third-order valence-electron chi connectivity index (χ3n) is 3.73. The monoisotopic (exact) mass is 315 g/mol. The summed E-state index contributed by atoms with van der Waals surface area (Å²) in [6, 6.07) is 10.7. The van der Waals surface area contributed by atoms with Crippen LogP contribution in [0.5, 0.6) is 0 Å². The van der Waals surface area contributed by atoms with Gasteiger partial charge in [0.1, 0.15) is 6.54 Å². The largest absolute Gasteiger partial charge is 0.357 e. The number of rotatable bonds is 6. The normalized spacial score (nSPS) is 14.3. The first kappa shape index (κ1) is 17.0. The van der Waals surface area contributed by atoms with E-state index in [4.69, 9.17) is 4.52 Å². The molecule has 124 valence electrons. The Morgan fingerprint density at radius 3 is 2.61 bits per heavy atom. The Hall–Kier alpha value is -2.37. The molecule has 0 aliphatic rings. The molecule has 2 rings (SSSR count). The second kappa shape index (κ2) is 8.31. The molecule has 0 saturated carbocycles. The Bertz CT molecular complexity index is 623. The van der Waals surface area contributed by atoms with Gasteiger partial charge < -0.3 is 15.2 Å². The molecule has 0 radical (unpaired) electrons. The van der Waals surface area contributed by atoms with Gasteiger partial charge in [-0.2, -0.15) is 4.98 Å². The zero-order chi connectivity index (χ0) is 16.7. The van der Waals surface area contributed by atoms with Gasteiger partial charge in [-0.05, 0) is 19.4 Å². The highest BCUT2D eigenvalue weighted by Crippen LogP contribution is 2.18. The lowest BCUT2D eigenvalue weighted by molar-refractivity contribution is 0.387. The Morgan fingerprint density at radius 1 is 1.26 bits per heavy atom. The SMILES string of the molecule is CCNC(=NCc1noc(C)n1)NC(C)C(C)c1ccccc1. The fourth-order valence-corrected chi connectivity index (χ4v) is 2.26. The molecule has 23 heavy (non-hydrogen) atoms. The van der Waals surface area contributed by atoms with Gasteiger partial charge in [0.2, 0.25) is 5.89 Å². The van der Waals surface area contributed by atoms with E-state index >= 15 is 0 Å². The molecular weight excluding hydrogens is 290 g/mol. The van der Waals surface area contributed by atoms with Crippen molar-refractivity contribution >= 4 is 5.96 Å². The summed E-state index contributed by atoms with van der Waals surface area (Å²) in [4.78, 5) is 8.69. The van der Waals surface area contributed by atoms with Crippen molar-refractivity contribution in [1.82, 2.24) is 20.8 Å². The lowest BCUT2D eigenvalue weighted by atomic mass is 9.94. The molecule has 0 aliphatic carbocycles. The predicted molar refractivity (Wildman–Crippen MR) is 91.3 cm³/mol. The molecule has 0 spiro atoms. The summed E-state index contributed by atoms with van der Waals surface area (Å²) >= 11 is 0. The second-order valence-corrected chi connectivity index (χ2v) is 5.56. The van der Waals surface area contributed by atoms with Crippen LogP contribution in [0.25, 0.3) is 0 Å². The lowest BCUT2D eigenvalue weighted by Gasteiger charge is -2.24. The van der Waals surface area contributed by atoms with Crippen molar-refractivity contribution < 1.29 is 4.52 Å². The number of guanidine groups is 1. The maximum absolute atomic E-state index is 4.96. The molecule has 1 aromatic carbocycles. The number of hydrogen-bond acceptors (Lipinski definition) is 4. The summed E-state index contributed by atoms with van der Waals surface area (Å²) in [7, 11) is 0. The predicted octanol–water partition coefficient (Wildman–Crippen LogP) is 2.63. The van der Waals surface area contributed by atoms with Crippen LogP contribution in [-0.4, -0.2) is 28.7 Å². The Morgan fingerprint density at radius 2 is 2.00 bits per heavy atom. The lowest BCUT2D eigenvalue weighted by Crippen LogP contribution is -2.44. The van der Waals surface area contributed by atoms with Crippen molar-refractivity contribution in [3.05, 3.63) is 47.6 Å². The highest BCUT2D eigenvalue weighted by atomic mass is 16.5. The molecule has 2 aromatic rings. The molecule has 0 saturated heterocycles. The van der Waals surface area contributed by atoms with Crippen LogP contribution in [0.2, 0.25) is 0 Å². The van der Waals surface area contributed by atoms with Crippen molar-refractivity contribution in [1.29, 1.82) is 0 Å². The minimum Gasteiger partial charge on any atom is -0.357 e. The first-order valence-electron chi connectivity index (χ1n) is 7.99.